The summed E-state index contributed by atoms with van der Waals surface area (Å²) < 4.78 is 17.1. The number of pyridine rings is 1. The Morgan fingerprint density at radius 2 is 1.80 bits per heavy atom. The Morgan fingerprint density at radius 3 is 2.43 bits per heavy atom. The van der Waals surface area contributed by atoms with Crippen LogP contribution in [0.3, 0.4) is 0 Å². The number of anilines is 1. The molecule has 0 atom stereocenters. The van der Waals surface area contributed by atoms with Gasteiger partial charge in [-0.15, -0.1) is 0 Å². The highest BCUT2D eigenvalue weighted by atomic mass is 19.1. The van der Waals surface area contributed by atoms with Crippen LogP contribution < -0.4 is 10.3 Å². The number of rotatable bonds is 6. The monoisotopic (exact) mass is 476 g/mol. The Balaban J connectivity index is 1.51. The summed E-state index contributed by atoms with van der Waals surface area (Å²) in [5, 5.41) is 11.0. The fourth-order valence-electron chi connectivity index (χ4n) is 4.45. The molecule has 1 saturated heterocycles. The Bertz CT molecular complexity index is 1400. The summed E-state index contributed by atoms with van der Waals surface area (Å²) in [7, 11) is 2.04. The van der Waals surface area contributed by atoms with Gasteiger partial charge in [-0.05, 0) is 55.8 Å². The molecule has 1 aliphatic heterocycles. The molecule has 0 N–H and O–H groups in total. The Labute approximate surface area is 201 Å². The van der Waals surface area contributed by atoms with Gasteiger partial charge in [0.05, 0.1) is 21.7 Å². The zero-order chi connectivity index (χ0) is 24.7. The zero-order valence-electron chi connectivity index (χ0n) is 19.3. The second-order valence-electron chi connectivity index (χ2n) is 9.17. The van der Waals surface area contributed by atoms with E-state index in [4.69, 9.17) is 0 Å². The molecular weight excluding hydrogens is 451 g/mol. The number of hydrogen-bond acceptors (Lipinski definition) is 6. The van der Waals surface area contributed by atoms with E-state index < -0.39 is 22.0 Å². The number of nitro groups is 1. The van der Waals surface area contributed by atoms with Gasteiger partial charge in [-0.2, -0.15) is 0 Å². The lowest BCUT2D eigenvalue weighted by Gasteiger charge is -2.34. The molecule has 2 fully saturated rings. The highest BCUT2D eigenvalue weighted by Crippen LogP contribution is 2.38. The number of carbonyl (C=O) groups is 1. The molecule has 8 nitrogen and oxygen atoms in total. The molecule has 2 aliphatic rings. The van der Waals surface area contributed by atoms with Gasteiger partial charge in [0, 0.05) is 55.9 Å². The Hall–Kier alpha value is -3.85. The number of nitro benzene ring substituents is 1. The lowest BCUT2D eigenvalue weighted by molar-refractivity contribution is -0.384. The zero-order valence-corrected chi connectivity index (χ0v) is 19.3. The van der Waals surface area contributed by atoms with Gasteiger partial charge in [-0.3, -0.25) is 19.7 Å². The number of allylic oxidation sites excluding steroid dienone is 1. The number of carbonyl (C=O) groups excluding carboxylic acids is 1. The molecule has 2 heterocycles. The van der Waals surface area contributed by atoms with Gasteiger partial charge in [0.25, 0.3) is 5.69 Å². The molecule has 2 aromatic carbocycles. The summed E-state index contributed by atoms with van der Waals surface area (Å²) in [6, 6.07) is 8.94. The second-order valence-corrected chi connectivity index (χ2v) is 9.17. The van der Waals surface area contributed by atoms with E-state index in [0.717, 1.165) is 25.9 Å². The minimum absolute atomic E-state index is 0.0192. The molecule has 5 rings (SSSR count). The summed E-state index contributed by atoms with van der Waals surface area (Å²) in [6.45, 7) is 3.08. The lowest BCUT2D eigenvalue weighted by atomic mass is 10.1. The van der Waals surface area contributed by atoms with Crippen molar-refractivity contribution in [2.45, 2.75) is 18.9 Å². The molecule has 1 saturated carbocycles. The van der Waals surface area contributed by atoms with Gasteiger partial charge in [0.15, 0.2) is 5.78 Å². The first kappa shape index (κ1) is 22.9. The van der Waals surface area contributed by atoms with E-state index in [2.05, 4.69) is 4.90 Å². The minimum atomic E-state index is -0.501. The molecule has 0 amide bonds. The predicted molar refractivity (Wildman–Crippen MR) is 133 cm³/mol. The van der Waals surface area contributed by atoms with E-state index >= 15 is 4.39 Å². The van der Waals surface area contributed by atoms with Crippen LogP contribution in [0, 0.1) is 15.9 Å². The normalized spacial score (nSPS) is 16.8. The second kappa shape index (κ2) is 9.07. The van der Waals surface area contributed by atoms with Crippen molar-refractivity contribution in [1.29, 1.82) is 0 Å². The number of aromatic nitrogens is 1. The van der Waals surface area contributed by atoms with Crippen LogP contribution >= 0.6 is 0 Å². The predicted octanol–water partition coefficient (Wildman–Crippen LogP) is 4.03. The highest BCUT2D eigenvalue weighted by molar-refractivity contribution is 6.08. The van der Waals surface area contributed by atoms with Gasteiger partial charge < -0.3 is 14.4 Å². The summed E-state index contributed by atoms with van der Waals surface area (Å²) in [5.41, 5.74) is 1.15. The standard InChI is InChI=1S/C26H25FN4O4/c1-28-10-12-29(13-11-28)24-15-23-20(14-22(24)27)26(33)21(16-30(23)18-7-8-18)25(32)9-4-17-2-5-19(6-3-17)31(34)35/h2-6,9,14-16,18H,7-8,10-13H2,1H3/b9-4+. The number of fused-ring (bicyclic) bond motifs is 1. The average Bonchev–Trinajstić information content (AvgIpc) is 3.69. The van der Waals surface area contributed by atoms with Crippen LogP contribution in [0.25, 0.3) is 17.0 Å². The molecule has 35 heavy (non-hydrogen) atoms. The van der Waals surface area contributed by atoms with E-state index in [9.17, 15) is 19.7 Å². The minimum Gasteiger partial charge on any atom is -0.367 e. The maximum Gasteiger partial charge on any atom is 0.269 e. The SMILES string of the molecule is CN1CCN(c2cc3c(cc2F)c(=O)c(C(=O)/C=C/c2ccc([N+](=O)[O-])cc2)cn3C2CC2)CC1. The molecule has 180 valence electrons. The van der Waals surface area contributed by atoms with Crippen molar-refractivity contribution in [2.75, 3.05) is 38.1 Å². The van der Waals surface area contributed by atoms with Gasteiger partial charge in [0.1, 0.15) is 5.82 Å². The maximum absolute atomic E-state index is 15.2. The van der Waals surface area contributed by atoms with Gasteiger partial charge >= 0.3 is 0 Å². The summed E-state index contributed by atoms with van der Waals surface area (Å²) >= 11 is 0. The summed E-state index contributed by atoms with van der Waals surface area (Å²) in [4.78, 5) is 40.7. The number of ketones is 1. The van der Waals surface area contributed by atoms with Crippen molar-refractivity contribution >= 4 is 34.1 Å². The quantitative estimate of drug-likeness (QED) is 0.231. The Kier molecular flexibility index (Phi) is 5.94. The smallest absolute Gasteiger partial charge is 0.269 e. The fraction of sp³-hybridized carbons (Fsp3) is 0.308. The first-order valence-corrected chi connectivity index (χ1v) is 11.6. The molecule has 1 aliphatic carbocycles. The molecule has 0 bridgehead atoms. The molecule has 0 radical (unpaired) electrons. The molecule has 3 aromatic rings. The number of halogens is 1. The third-order valence-corrected chi connectivity index (χ3v) is 6.68. The lowest BCUT2D eigenvalue weighted by Crippen LogP contribution is -2.44. The number of non-ortho nitro benzene ring substituents is 1. The van der Waals surface area contributed by atoms with Gasteiger partial charge in [-0.25, -0.2) is 4.39 Å². The topological polar surface area (TPSA) is 88.7 Å². The first-order chi connectivity index (χ1) is 16.8. The first-order valence-electron chi connectivity index (χ1n) is 11.6. The van der Waals surface area contributed by atoms with Crippen LogP contribution in [0.15, 0.2) is 53.5 Å². The Morgan fingerprint density at radius 1 is 1.11 bits per heavy atom. The number of hydrogen-bond donors (Lipinski definition) is 0. The van der Waals surface area contributed by atoms with Crippen LogP contribution in [-0.2, 0) is 0 Å². The number of likely N-dealkylation sites (N-methyl/N-ethyl adjacent to an activating group) is 1. The van der Waals surface area contributed by atoms with Crippen LogP contribution in [0.2, 0.25) is 0 Å². The molecule has 9 heteroatoms. The molecule has 0 spiro atoms. The van der Waals surface area contributed by atoms with E-state index in [1.165, 1.54) is 42.5 Å². The third-order valence-electron chi connectivity index (χ3n) is 6.68. The van der Waals surface area contributed by atoms with Gasteiger partial charge in [0.2, 0.25) is 5.43 Å². The van der Waals surface area contributed by atoms with E-state index in [-0.39, 0.29) is 22.7 Å². The van der Waals surface area contributed by atoms with Crippen molar-refractivity contribution in [3.05, 3.63) is 86.0 Å². The van der Waals surface area contributed by atoms with E-state index in [1.807, 2.05) is 16.5 Å². The number of nitrogens with zero attached hydrogens (tertiary/aromatic N) is 4. The third kappa shape index (κ3) is 4.59. The van der Waals surface area contributed by atoms with Crippen molar-refractivity contribution in [2.24, 2.45) is 0 Å². The van der Waals surface area contributed by atoms with Crippen molar-refractivity contribution in [3.63, 3.8) is 0 Å². The number of piperazine rings is 1. The largest absolute Gasteiger partial charge is 0.367 e. The maximum atomic E-state index is 15.2. The number of benzene rings is 2. The summed E-state index contributed by atoms with van der Waals surface area (Å²) in [6.07, 6.45) is 6.25. The average molecular weight is 477 g/mol. The van der Waals surface area contributed by atoms with Crippen molar-refractivity contribution in [1.82, 2.24) is 9.47 Å². The van der Waals surface area contributed by atoms with Crippen LogP contribution in [0.5, 0.6) is 0 Å². The van der Waals surface area contributed by atoms with Crippen LogP contribution in [0.4, 0.5) is 15.8 Å². The van der Waals surface area contributed by atoms with Gasteiger partial charge in [-0.1, -0.05) is 6.08 Å². The van der Waals surface area contributed by atoms with Crippen LogP contribution in [0.1, 0.15) is 34.8 Å². The fourth-order valence-corrected chi connectivity index (χ4v) is 4.45. The highest BCUT2D eigenvalue weighted by Gasteiger charge is 2.28. The molecular formula is C26H25FN4O4. The van der Waals surface area contributed by atoms with E-state index in [0.29, 0.717) is 29.9 Å². The van der Waals surface area contributed by atoms with Crippen LogP contribution in [-0.4, -0.2) is 53.4 Å². The van der Waals surface area contributed by atoms with E-state index in [1.54, 1.807) is 12.3 Å². The molecule has 0 unspecified atom stereocenters. The van der Waals surface area contributed by atoms with Crippen molar-refractivity contribution < 1.29 is 14.1 Å². The van der Waals surface area contributed by atoms with Crippen molar-refractivity contribution in [3.8, 4) is 0 Å². The summed E-state index contributed by atoms with van der Waals surface area (Å²) in [5.74, 6) is -0.958. The molecule has 1 aromatic heterocycles.